The molecular weight excluding hydrogens is 378 g/mol. The Kier molecular flexibility index (Phi) is 5.18. The Morgan fingerprint density at radius 3 is 2.50 bits per heavy atom. The molecule has 0 aliphatic carbocycles. The Bertz CT molecular complexity index is 960. The minimum absolute atomic E-state index is 0.0209. The number of thiophene rings is 1. The number of aromatic nitrogens is 2. The zero-order valence-corrected chi connectivity index (χ0v) is 15.9. The number of carbonyl (C=O) groups is 1. The van der Waals surface area contributed by atoms with Crippen LogP contribution in [-0.4, -0.2) is 56.6 Å². The molecule has 144 valence electrons. The molecule has 1 aliphatic rings. The number of carbonyl (C=O) groups excluding carboxylic acids is 1. The summed E-state index contributed by atoms with van der Waals surface area (Å²) in [4.78, 5) is 28.6. The molecule has 0 spiro atoms. The topological polar surface area (TPSA) is 84.5 Å². The summed E-state index contributed by atoms with van der Waals surface area (Å²) in [5.74, 6) is -0.0866. The van der Waals surface area contributed by atoms with Gasteiger partial charge in [0.25, 0.3) is 11.6 Å². The lowest BCUT2D eigenvalue weighted by molar-refractivity contribution is -0.384. The van der Waals surface area contributed by atoms with Gasteiger partial charge in [0.05, 0.1) is 10.6 Å². The Hall–Kier alpha value is -3.04. The number of nitro groups is 1. The van der Waals surface area contributed by atoms with Crippen molar-refractivity contribution in [2.45, 2.75) is 6.54 Å². The lowest BCUT2D eigenvalue weighted by Crippen LogP contribution is -2.48. The van der Waals surface area contributed by atoms with E-state index < -0.39 is 4.92 Å². The minimum Gasteiger partial charge on any atom is -0.335 e. The molecule has 0 saturated carbocycles. The van der Waals surface area contributed by atoms with Crippen molar-refractivity contribution in [2.75, 3.05) is 26.2 Å². The number of hydrogen-bond donors (Lipinski definition) is 0. The Labute approximate surface area is 165 Å². The van der Waals surface area contributed by atoms with E-state index in [1.165, 1.54) is 17.0 Å². The van der Waals surface area contributed by atoms with E-state index in [4.69, 9.17) is 0 Å². The first-order valence-electron chi connectivity index (χ1n) is 8.95. The highest BCUT2D eigenvalue weighted by molar-refractivity contribution is 7.09. The highest BCUT2D eigenvalue weighted by Gasteiger charge is 2.24. The fraction of sp³-hybridized carbons (Fsp3) is 0.263. The zero-order valence-electron chi connectivity index (χ0n) is 15.1. The van der Waals surface area contributed by atoms with Gasteiger partial charge in [-0.15, -0.1) is 11.3 Å². The molecule has 2 aromatic heterocycles. The number of non-ortho nitro benzene ring substituents is 1. The van der Waals surface area contributed by atoms with E-state index in [1.54, 1.807) is 40.4 Å². The zero-order chi connectivity index (χ0) is 19.5. The second-order valence-corrected chi connectivity index (χ2v) is 7.60. The summed E-state index contributed by atoms with van der Waals surface area (Å²) in [5, 5.41) is 17.2. The number of amides is 1. The second kappa shape index (κ2) is 7.91. The van der Waals surface area contributed by atoms with E-state index in [1.807, 2.05) is 4.90 Å². The summed E-state index contributed by atoms with van der Waals surface area (Å²) in [6.45, 7) is 3.96. The van der Waals surface area contributed by atoms with Crippen LogP contribution in [0.2, 0.25) is 0 Å². The second-order valence-electron chi connectivity index (χ2n) is 6.57. The van der Waals surface area contributed by atoms with Gasteiger partial charge in [0.15, 0.2) is 5.69 Å². The molecule has 1 aliphatic heterocycles. The van der Waals surface area contributed by atoms with Crippen LogP contribution in [-0.2, 0) is 6.54 Å². The number of nitrogens with zero attached hydrogens (tertiary/aromatic N) is 5. The quantitative estimate of drug-likeness (QED) is 0.488. The van der Waals surface area contributed by atoms with Crippen molar-refractivity contribution in [1.29, 1.82) is 0 Å². The molecule has 3 heterocycles. The van der Waals surface area contributed by atoms with Crippen LogP contribution < -0.4 is 0 Å². The van der Waals surface area contributed by atoms with E-state index in [2.05, 4.69) is 27.5 Å². The Morgan fingerprint density at radius 2 is 1.86 bits per heavy atom. The normalized spacial score (nSPS) is 14.9. The molecule has 1 aromatic carbocycles. The van der Waals surface area contributed by atoms with Gasteiger partial charge in [-0.1, -0.05) is 6.07 Å². The molecule has 1 fully saturated rings. The first kappa shape index (κ1) is 18.3. The van der Waals surface area contributed by atoms with Crippen molar-refractivity contribution in [3.63, 3.8) is 0 Å². The van der Waals surface area contributed by atoms with Crippen LogP contribution >= 0.6 is 11.3 Å². The number of piperazine rings is 1. The SMILES string of the molecule is O=C(c1ccn(-c2ccc([N+](=O)[O-])cc2)n1)N1CCN(Cc2cccs2)CC1. The van der Waals surface area contributed by atoms with Gasteiger partial charge >= 0.3 is 0 Å². The summed E-state index contributed by atoms with van der Waals surface area (Å²) in [6.07, 6.45) is 1.70. The van der Waals surface area contributed by atoms with Gasteiger partial charge < -0.3 is 4.90 Å². The largest absolute Gasteiger partial charge is 0.335 e. The van der Waals surface area contributed by atoms with Gasteiger partial charge in [-0.2, -0.15) is 5.10 Å². The predicted molar refractivity (Wildman–Crippen MR) is 106 cm³/mol. The van der Waals surface area contributed by atoms with Gasteiger partial charge in [0.1, 0.15) is 0 Å². The third-order valence-electron chi connectivity index (χ3n) is 4.75. The fourth-order valence-corrected chi connectivity index (χ4v) is 3.95. The first-order chi connectivity index (χ1) is 13.6. The standard InChI is InChI=1S/C19H19N5O3S/c25-19(22-11-9-21(10-12-22)14-17-2-1-13-28-17)18-7-8-23(20-18)15-3-5-16(6-4-15)24(26)27/h1-8,13H,9-12,14H2. The van der Waals surface area contributed by atoms with Gasteiger partial charge in [0.2, 0.25) is 0 Å². The fourth-order valence-electron chi connectivity index (χ4n) is 3.20. The monoisotopic (exact) mass is 397 g/mol. The van der Waals surface area contributed by atoms with Crippen LogP contribution in [0, 0.1) is 10.1 Å². The van der Waals surface area contributed by atoms with Gasteiger partial charge in [-0.3, -0.25) is 19.8 Å². The third-order valence-corrected chi connectivity index (χ3v) is 5.61. The molecule has 0 bridgehead atoms. The molecule has 1 amide bonds. The van der Waals surface area contributed by atoms with Crippen molar-refractivity contribution < 1.29 is 9.72 Å². The minimum atomic E-state index is -0.445. The summed E-state index contributed by atoms with van der Waals surface area (Å²) >= 11 is 1.75. The van der Waals surface area contributed by atoms with Crippen molar-refractivity contribution in [3.8, 4) is 5.69 Å². The van der Waals surface area contributed by atoms with E-state index in [-0.39, 0.29) is 11.6 Å². The molecule has 4 rings (SSSR count). The van der Waals surface area contributed by atoms with Gasteiger partial charge in [-0.05, 0) is 29.6 Å². The smallest absolute Gasteiger partial charge is 0.274 e. The molecule has 1 saturated heterocycles. The molecular formula is C19H19N5O3S. The predicted octanol–water partition coefficient (Wildman–Crippen LogP) is 2.80. The molecule has 0 radical (unpaired) electrons. The van der Waals surface area contributed by atoms with Crippen LogP contribution in [0.15, 0.2) is 54.0 Å². The Morgan fingerprint density at radius 1 is 1.11 bits per heavy atom. The molecule has 3 aromatic rings. The van der Waals surface area contributed by atoms with Crippen LogP contribution in [0.4, 0.5) is 5.69 Å². The van der Waals surface area contributed by atoms with Crippen LogP contribution in [0.25, 0.3) is 5.69 Å². The summed E-state index contributed by atoms with van der Waals surface area (Å²) in [5.41, 5.74) is 1.07. The van der Waals surface area contributed by atoms with Gasteiger partial charge in [0, 0.05) is 55.9 Å². The third kappa shape index (κ3) is 3.95. The first-order valence-corrected chi connectivity index (χ1v) is 9.82. The van der Waals surface area contributed by atoms with E-state index in [0.717, 1.165) is 19.6 Å². The molecule has 0 atom stereocenters. The number of hydrogen-bond acceptors (Lipinski definition) is 6. The van der Waals surface area contributed by atoms with E-state index >= 15 is 0 Å². The highest BCUT2D eigenvalue weighted by Crippen LogP contribution is 2.17. The van der Waals surface area contributed by atoms with Crippen molar-refractivity contribution in [3.05, 3.63) is 74.7 Å². The summed E-state index contributed by atoms with van der Waals surface area (Å²) in [6, 6.07) is 11.9. The average Bonchev–Trinajstić information content (AvgIpc) is 3.40. The van der Waals surface area contributed by atoms with Crippen molar-refractivity contribution in [2.24, 2.45) is 0 Å². The van der Waals surface area contributed by atoms with Crippen molar-refractivity contribution >= 4 is 22.9 Å². The lowest BCUT2D eigenvalue weighted by atomic mass is 10.2. The van der Waals surface area contributed by atoms with Crippen LogP contribution in [0.5, 0.6) is 0 Å². The summed E-state index contributed by atoms with van der Waals surface area (Å²) < 4.78 is 1.56. The Balaban J connectivity index is 1.37. The number of benzene rings is 1. The maximum Gasteiger partial charge on any atom is 0.274 e. The van der Waals surface area contributed by atoms with Crippen LogP contribution in [0.3, 0.4) is 0 Å². The van der Waals surface area contributed by atoms with Crippen molar-refractivity contribution in [1.82, 2.24) is 19.6 Å². The van der Waals surface area contributed by atoms with Crippen LogP contribution in [0.1, 0.15) is 15.4 Å². The molecule has 8 nitrogen and oxygen atoms in total. The number of rotatable bonds is 5. The molecule has 0 N–H and O–H groups in total. The molecule has 9 heteroatoms. The maximum atomic E-state index is 12.8. The maximum absolute atomic E-state index is 12.8. The van der Waals surface area contributed by atoms with E-state index in [0.29, 0.717) is 24.5 Å². The van der Waals surface area contributed by atoms with E-state index in [9.17, 15) is 14.9 Å². The molecule has 0 unspecified atom stereocenters. The van der Waals surface area contributed by atoms with Gasteiger partial charge in [-0.25, -0.2) is 4.68 Å². The average molecular weight is 397 g/mol. The summed E-state index contributed by atoms with van der Waals surface area (Å²) in [7, 11) is 0. The lowest BCUT2D eigenvalue weighted by Gasteiger charge is -2.34. The molecule has 28 heavy (non-hydrogen) atoms. The number of nitro benzene ring substituents is 1. The highest BCUT2D eigenvalue weighted by atomic mass is 32.1.